The summed E-state index contributed by atoms with van der Waals surface area (Å²) in [7, 11) is 0. The predicted molar refractivity (Wildman–Crippen MR) is 102 cm³/mol. The second kappa shape index (κ2) is 7.19. The van der Waals surface area contributed by atoms with Crippen molar-refractivity contribution in [1.82, 2.24) is 5.32 Å². The van der Waals surface area contributed by atoms with Gasteiger partial charge in [-0.15, -0.1) is 11.8 Å². The van der Waals surface area contributed by atoms with E-state index >= 15 is 0 Å². The highest BCUT2D eigenvalue weighted by molar-refractivity contribution is 7.99. The summed E-state index contributed by atoms with van der Waals surface area (Å²) in [6.07, 6.45) is 2.67. The Morgan fingerprint density at radius 1 is 1.19 bits per heavy atom. The quantitative estimate of drug-likeness (QED) is 0.591. The summed E-state index contributed by atoms with van der Waals surface area (Å²) in [5.74, 6) is 0.0679. The third-order valence-corrected chi connectivity index (χ3v) is 5.83. The highest BCUT2D eigenvalue weighted by Crippen LogP contribution is 2.37. The van der Waals surface area contributed by atoms with Crippen LogP contribution in [0.4, 0.5) is 15.8 Å². The fourth-order valence-corrected chi connectivity index (χ4v) is 4.26. The average Bonchev–Trinajstić information content (AvgIpc) is 3.46. The normalized spacial score (nSPS) is 18.5. The molecule has 2 aliphatic rings. The van der Waals surface area contributed by atoms with Crippen LogP contribution in [0.1, 0.15) is 41.2 Å². The van der Waals surface area contributed by atoms with Crippen molar-refractivity contribution >= 4 is 29.0 Å². The van der Waals surface area contributed by atoms with Crippen LogP contribution in [0.5, 0.6) is 0 Å². The zero-order chi connectivity index (χ0) is 19.0. The number of carbonyl (C=O) groups is 1. The third-order valence-electron chi connectivity index (χ3n) is 4.71. The number of thioether (sulfide) groups is 1. The van der Waals surface area contributed by atoms with Crippen molar-refractivity contribution in [2.45, 2.75) is 36.2 Å². The number of anilines is 1. The molecule has 0 saturated heterocycles. The van der Waals surface area contributed by atoms with Crippen LogP contribution in [0, 0.1) is 15.9 Å². The first-order chi connectivity index (χ1) is 13.0. The maximum atomic E-state index is 13.6. The number of nitrogens with zero attached hydrogens (tertiary/aromatic N) is 1. The summed E-state index contributed by atoms with van der Waals surface area (Å²) < 4.78 is 13.6. The van der Waals surface area contributed by atoms with Crippen molar-refractivity contribution in [3.63, 3.8) is 0 Å². The van der Waals surface area contributed by atoms with Crippen molar-refractivity contribution in [3.05, 3.63) is 63.5 Å². The molecule has 2 aromatic carbocycles. The Hall–Kier alpha value is -2.61. The van der Waals surface area contributed by atoms with E-state index in [2.05, 4.69) is 10.6 Å². The number of amides is 1. The van der Waals surface area contributed by atoms with E-state index < -0.39 is 10.8 Å². The number of halogens is 1. The fraction of sp³-hybridized carbons (Fsp3) is 0.316. The van der Waals surface area contributed by atoms with Gasteiger partial charge in [-0.1, -0.05) is 0 Å². The Morgan fingerprint density at radius 2 is 2.00 bits per heavy atom. The van der Waals surface area contributed by atoms with Gasteiger partial charge in [0.15, 0.2) is 0 Å². The van der Waals surface area contributed by atoms with Gasteiger partial charge in [0.2, 0.25) is 0 Å². The van der Waals surface area contributed by atoms with Gasteiger partial charge in [-0.25, -0.2) is 4.39 Å². The number of hydrogen-bond acceptors (Lipinski definition) is 5. The molecule has 8 heteroatoms. The van der Waals surface area contributed by atoms with Crippen LogP contribution >= 0.6 is 11.8 Å². The molecule has 1 aliphatic carbocycles. The maximum absolute atomic E-state index is 13.6. The molecule has 2 aromatic rings. The Bertz CT molecular complexity index is 917. The molecule has 0 radical (unpaired) electrons. The number of hydrogen-bond donors (Lipinski definition) is 2. The Labute approximate surface area is 159 Å². The number of fused-ring (bicyclic) bond motifs is 1. The number of nitro benzene ring substituents is 1. The average molecular weight is 387 g/mol. The van der Waals surface area contributed by atoms with Gasteiger partial charge >= 0.3 is 0 Å². The van der Waals surface area contributed by atoms with Gasteiger partial charge in [0.05, 0.1) is 11.0 Å². The first-order valence-corrected chi connectivity index (χ1v) is 9.78. The van der Waals surface area contributed by atoms with Gasteiger partial charge in [-0.05, 0) is 55.2 Å². The molecular weight excluding hydrogens is 369 g/mol. The topological polar surface area (TPSA) is 84.3 Å². The summed E-state index contributed by atoms with van der Waals surface area (Å²) in [6, 6.07) is 8.98. The number of nitrogens with one attached hydrogen (secondary N) is 2. The van der Waals surface area contributed by atoms with E-state index in [0.29, 0.717) is 12.1 Å². The molecule has 1 saturated carbocycles. The second-order valence-electron chi connectivity index (χ2n) is 6.75. The smallest absolute Gasteiger partial charge is 0.293 e. The predicted octanol–water partition coefficient (Wildman–Crippen LogP) is 4.28. The van der Waals surface area contributed by atoms with E-state index in [1.807, 2.05) is 0 Å². The van der Waals surface area contributed by atoms with Crippen LogP contribution in [-0.4, -0.2) is 22.6 Å². The Morgan fingerprint density at radius 3 is 2.74 bits per heavy atom. The molecule has 27 heavy (non-hydrogen) atoms. The van der Waals surface area contributed by atoms with Crippen LogP contribution < -0.4 is 10.6 Å². The first-order valence-electron chi connectivity index (χ1n) is 8.79. The molecule has 0 aromatic heterocycles. The molecule has 1 fully saturated rings. The van der Waals surface area contributed by atoms with Gasteiger partial charge in [0, 0.05) is 28.3 Å². The lowest BCUT2D eigenvalue weighted by atomic mass is 10.0. The number of rotatable bonds is 5. The molecule has 1 unspecified atom stereocenters. The molecule has 140 valence electrons. The highest BCUT2D eigenvalue weighted by atomic mass is 32.2. The molecule has 0 spiro atoms. The van der Waals surface area contributed by atoms with Crippen LogP contribution in [-0.2, 0) is 0 Å². The molecule has 1 amide bonds. The summed E-state index contributed by atoms with van der Waals surface area (Å²) in [6.45, 7) is 0. The van der Waals surface area contributed by atoms with E-state index in [1.165, 1.54) is 18.2 Å². The third kappa shape index (κ3) is 3.90. The number of nitro groups is 1. The van der Waals surface area contributed by atoms with Crippen LogP contribution in [0.25, 0.3) is 0 Å². The molecule has 1 atom stereocenters. The van der Waals surface area contributed by atoms with Crippen molar-refractivity contribution in [1.29, 1.82) is 0 Å². The summed E-state index contributed by atoms with van der Waals surface area (Å²) in [4.78, 5) is 24.5. The molecule has 6 nitrogen and oxygen atoms in total. The van der Waals surface area contributed by atoms with Crippen LogP contribution in [0.2, 0.25) is 0 Å². The fourth-order valence-electron chi connectivity index (χ4n) is 3.15. The number of benzene rings is 2. The second-order valence-corrected chi connectivity index (χ2v) is 7.89. The highest BCUT2D eigenvalue weighted by Gasteiger charge is 2.27. The largest absolute Gasteiger partial charge is 0.377 e. The number of carbonyl (C=O) groups excluding carboxylic acids is 1. The summed E-state index contributed by atoms with van der Waals surface area (Å²) in [5.41, 5.74) is 1.29. The minimum Gasteiger partial charge on any atom is -0.377 e. The van der Waals surface area contributed by atoms with Gasteiger partial charge in [0.1, 0.15) is 11.5 Å². The molecular formula is C19H18FN3O3S. The monoisotopic (exact) mass is 387 g/mol. The maximum Gasteiger partial charge on any atom is 0.293 e. The van der Waals surface area contributed by atoms with Gasteiger partial charge in [-0.3, -0.25) is 14.9 Å². The molecule has 1 heterocycles. The van der Waals surface area contributed by atoms with Gasteiger partial charge in [-0.2, -0.15) is 0 Å². The SMILES string of the molecule is O=C(NC1CCSc2ccc(F)cc21)c1ccc(NC2CC2)c([N+](=O)[O-])c1. The minimum absolute atomic E-state index is 0.111. The summed E-state index contributed by atoms with van der Waals surface area (Å²) >= 11 is 1.63. The molecule has 1 aliphatic heterocycles. The summed E-state index contributed by atoms with van der Waals surface area (Å²) in [5, 5.41) is 17.4. The first kappa shape index (κ1) is 17.8. The van der Waals surface area contributed by atoms with E-state index in [0.717, 1.165) is 29.1 Å². The minimum atomic E-state index is -0.483. The van der Waals surface area contributed by atoms with Crippen molar-refractivity contribution in [3.8, 4) is 0 Å². The molecule has 2 N–H and O–H groups in total. The lowest BCUT2D eigenvalue weighted by molar-refractivity contribution is -0.384. The van der Waals surface area contributed by atoms with E-state index in [1.54, 1.807) is 30.0 Å². The van der Waals surface area contributed by atoms with E-state index in [-0.39, 0.29) is 29.2 Å². The molecule has 4 rings (SSSR count). The lowest BCUT2D eigenvalue weighted by Gasteiger charge is -2.26. The van der Waals surface area contributed by atoms with Crippen LogP contribution in [0.3, 0.4) is 0 Å². The van der Waals surface area contributed by atoms with Crippen LogP contribution in [0.15, 0.2) is 41.3 Å². The van der Waals surface area contributed by atoms with Crippen molar-refractivity contribution in [2.75, 3.05) is 11.1 Å². The van der Waals surface area contributed by atoms with Gasteiger partial charge < -0.3 is 10.6 Å². The zero-order valence-corrected chi connectivity index (χ0v) is 15.2. The molecule has 0 bridgehead atoms. The zero-order valence-electron chi connectivity index (χ0n) is 14.4. The Balaban J connectivity index is 1.56. The Kier molecular flexibility index (Phi) is 4.73. The lowest BCUT2D eigenvalue weighted by Crippen LogP contribution is -2.30. The standard InChI is InChI=1S/C19H18FN3O3S/c20-12-2-6-18-14(10-12)15(7-8-27-18)22-19(24)11-1-5-16(21-13-3-4-13)17(9-11)23(25)26/h1-2,5-6,9-10,13,15,21H,3-4,7-8H2,(H,22,24). The van der Waals surface area contributed by atoms with Gasteiger partial charge in [0.25, 0.3) is 11.6 Å². The van der Waals surface area contributed by atoms with Crippen molar-refractivity contribution < 1.29 is 14.1 Å². The van der Waals surface area contributed by atoms with E-state index in [9.17, 15) is 19.3 Å². The van der Waals surface area contributed by atoms with Crippen molar-refractivity contribution in [2.24, 2.45) is 0 Å². The van der Waals surface area contributed by atoms with E-state index in [4.69, 9.17) is 0 Å².